The van der Waals surface area contributed by atoms with Crippen LogP contribution in [0.4, 0.5) is 4.79 Å². The van der Waals surface area contributed by atoms with Gasteiger partial charge in [0, 0.05) is 39.8 Å². The number of benzene rings is 1. The van der Waals surface area contributed by atoms with Crippen LogP contribution in [0.3, 0.4) is 0 Å². The molecule has 2 aliphatic rings. The lowest BCUT2D eigenvalue weighted by molar-refractivity contribution is -0.145. The largest absolute Gasteiger partial charge is 0.381 e. The summed E-state index contributed by atoms with van der Waals surface area (Å²) in [7, 11) is 1.78. The molecule has 1 spiro atoms. The molecule has 3 rings (SSSR count). The molecule has 132 valence electrons. The molecule has 1 unspecified atom stereocenters. The van der Waals surface area contributed by atoms with Gasteiger partial charge < -0.3 is 19.7 Å². The van der Waals surface area contributed by atoms with E-state index in [1.807, 2.05) is 4.90 Å². The lowest BCUT2D eigenvalue weighted by Crippen LogP contribution is -2.53. The summed E-state index contributed by atoms with van der Waals surface area (Å²) in [6.07, 6.45) is 4.00. The summed E-state index contributed by atoms with van der Waals surface area (Å²) in [5.74, 6) is 0. The van der Waals surface area contributed by atoms with Crippen LogP contribution in [0.2, 0.25) is 0 Å². The van der Waals surface area contributed by atoms with E-state index in [0.29, 0.717) is 12.6 Å². The molecule has 2 saturated heterocycles. The number of piperidine rings is 1. The molecule has 0 radical (unpaired) electrons. The highest BCUT2D eigenvalue weighted by Gasteiger charge is 2.41. The minimum absolute atomic E-state index is 0.0181. The summed E-state index contributed by atoms with van der Waals surface area (Å²) in [4.78, 5) is 14.3. The molecule has 1 aromatic rings. The van der Waals surface area contributed by atoms with E-state index in [1.54, 1.807) is 7.11 Å². The zero-order chi connectivity index (χ0) is 17.0. The van der Waals surface area contributed by atoms with Crippen LogP contribution in [-0.4, -0.2) is 49.4 Å². The second kappa shape index (κ2) is 7.53. The van der Waals surface area contributed by atoms with Gasteiger partial charge in [0.05, 0.1) is 11.7 Å². The fourth-order valence-corrected chi connectivity index (χ4v) is 3.65. The number of aryl methyl sites for hydroxylation is 1. The Bertz CT molecular complexity index is 550. The average Bonchev–Trinajstić information content (AvgIpc) is 2.61. The van der Waals surface area contributed by atoms with Crippen molar-refractivity contribution in [2.75, 3.05) is 26.8 Å². The molecular formula is C19H28N2O3. The van der Waals surface area contributed by atoms with Gasteiger partial charge in [-0.2, -0.15) is 0 Å². The van der Waals surface area contributed by atoms with E-state index in [9.17, 15) is 4.79 Å². The van der Waals surface area contributed by atoms with Gasteiger partial charge in [0.1, 0.15) is 0 Å². The van der Waals surface area contributed by atoms with Crippen LogP contribution in [0.5, 0.6) is 0 Å². The maximum atomic E-state index is 12.4. The highest BCUT2D eigenvalue weighted by molar-refractivity contribution is 5.74. The van der Waals surface area contributed by atoms with Gasteiger partial charge in [-0.25, -0.2) is 4.79 Å². The number of hydrogen-bond donors (Lipinski definition) is 1. The van der Waals surface area contributed by atoms with Crippen molar-refractivity contribution < 1.29 is 14.3 Å². The quantitative estimate of drug-likeness (QED) is 0.926. The zero-order valence-corrected chi connectivity index (χ0v) is 14.7. The zero-order valence-electron chi connectivity index (χ0n) is 14.7. The first-order chi connectivity index (χ1) is 11.6. The second-order valence-corrected chi connectivity index (χ2v) is 7.01. The SMILES string of the molecule is COC1CCOC2(CCN(C(=O)NCc3ccc(C)cc3)CC2)C1. The summed E-state index contributed by atoms with van der Waals surface area (Å²) >= 11 is 0. The van der Waals surface area contributed by atoms with Gasteiger partial charge in [-0.1, -0.05) is 29.8 Å². The molecule has 1 atom stereocenters. The van der Waals surface area contributed by atoms with Crippen molar-refractivity contribution in [3.05, 3.63) is 35.4 Å². The van der Waals surface area contributed by atoms with Crippen LogP contribution in [-0.2, 0) is 16.0 Å². The summed E-state index contributed by atoms with van der Waals surface area (Å²) in [5.41, 5.74) is 2.27. The Morgan fingerprint density at radius 3 is 2.71 bits per heavy atom. The summed E-state index contributed by atoms with van der Waals surface area (Å²) in [6, 6.07) is 8.27. The first kappa shape index (κ1) is 17.2. The van der Waals surface area contributed by atoms with Crippen molar-refractivity contribution in [1.82, 2.24) is 10.2 Å². The van der Waals surface area contributed by atoms with Gasteiger partial charge in [0.25, 0.3) is 0 Å². The van der Waals surface area contributed by atoms with E-state index in [1.165, 1.54) is 5.56 Å². The van der Waals surface area contributed by atoms with Gasteiger partial charge >= 0.3 is 6.03 Å². The van der Waals surface area contributed by atoms with E-state index in [4.69, 9.17) is 9.47 Å². The summed E-state index contributed by atoms with van der Waals surface area (Å²) in [5, 5.41) is 3.02. The number of urea groups is 1. The number of carbonyl (C=O) groups excluding carboxylic acids is 1. The van der Waals surface area contributed by atoms with Crippen molar-refractivity contribution in [3.63, 3.8) is 0 Å². The minimum Gasteiger partial charge on any atom is -0.381 e. The molecule has 5 heteroatoms. The van der Waals surface area contributed by atoms with E-state index in [2.05, 4.69) is 36.5 Å². The topological polar surface area (TPSA) is 50.8 Å². The van der Waals surface area contributed by atoms with Crippen LogP contribution in [0.15, 0.2) is 24.3 Å². The van der Waals surface area contributed by atoms with Crippen LogP contribution >= 0.6 is 0 Å². The number of rotatable bonds is 3. The van der Waals surface area contributed by atoms with Crippen molar-refractivity contribution in [3.8, 4) is 0 Å². The lowest BCUT2D eigenvalue weighted by atomic mass is 9.83. The Morgan fingerprint density at radius 1 is 1.33 bits per heavy atom. The molecule has 24 heavy (non-hydrogen) atoms. The number of nitrogens with one attached hydrogen (secondary N) is 1. The molecule has 0 bridgehead atoms. The second-order valence-electron chi connectivity index (χ2n) is 7.01. The highest BCUT2D eigenvalue weighted by Crippen LogP contribution is 2.35. The Labute approximate surface area is 144 Å². The Hall–Kier alpha value is -1.59. The number of amides is 2. The third-order valence-corrected chi connectivity index (χ3v) is 5.31. The predicted molar refractivity (Wildman–Crippen MR) is 92.9 cm³/mol. The first-order valence-corrected chi connectivity index (χ1v) is 8.85. The Kier molecular flexibility index (Phi) is 5.41. The number of likely N-dealkylation sites (tertiary alicyclic amines) is 1. The summed E-state index contributed by atoms with van der Waals surface area (Å²) < 4.78 is 11.6. The van der Waals surface area contributed by atoms with E-state index < -0.39 is 0 Å². The Morgan fingerprint density at radius 2 is 2.04 bits per heavy atom. The third kappa shape index (κ3) is 4.08. The van der Waals surface area contributed by atoms with Gasteiger partial charge in [0.2, 0.25) is 0 Å². The lowest BCUT2D eigenvalue weighted by Gasteiger charge is -2.45. The van der Waals surface area contributed by atoms with Gasteiger partial charge in [-0.05, 0) is 31.7 Å². The minimum atomic E-state index is -0.0906. The Balaban J connectivity index is 1.47. The third-order valence-electron chi connectivity index (χ3n) is 5.31. The van der Waals surface area contributed by atoms with Gasteiger partial charge in [-0.3, -0.25) is 0 Å². The van der Waals surface area contributed by atoms with Crippen molar-refractivity contribution in [2.45, 2.75) is 50.9 Å². The monoisotopic (exact) mass is 332 g/mol. The maximum absolute atomic E-state index is 12.4. The summed E-state index contributed by atoms with van der Waals surface area (Å²) in [6.45, 7) is 4.89. The van der Waals surface area contributed by atoms with E-state index in [-0.39, 0.29) is 11.6 Å². The van der Waals surface area contributed by atoms with Crippen LogP contribution < -0.4 is 5.32 Å². The molecule has 1 aromatic carbocycles. The highest BCUT2D eigenvalue weighted by atomic mass is 16.5. The normalized spacial score (nSPS) is 23.2. The number of hydrogen-bond acceptors (Lipinski definition) is 3. The first-order valence-electron chi connectivity index (χ1n) is 8.85. The van der Waals surface area contributed by atoms with E-state index in [0.717, 1.165) is 50.9 Å². The molecule has 2 aliphatic heterocycles. The smallest absolute Gasteiger partial charge is 0.317 e. The van der Waals surface area contributed by atoms with Crippen molar-refractivity contribution >= 4 is 6.03 Å². The predicted octanol–water partition coefficient (Wildman–Crippen LogP) is 2.86. The van der Waals surface area contributed by atoms with Crippen molar-refractivity contribution in [2.24, 2.45) is 0 Å². The fourth-order valence-electron chi connectivity index (χ4n) is 3.65. The molecule has 2 amide bonds. The van der Waals surface area contributed by atoms with Gasteiger partial charge in [-0.15, -0.1) is 0 Å². The number of carbonyl (C=O) groups is 1. The molecule has 5 nitrogen and oxygen atoms in total. The van der Waals surface area contributed by atoms with Crippen molar-refractivity contribution in [1.29, 1.82) is 0 Å². The van der Waals surface area contributed by atoms with Crippen LogP contribution in [0.25, 0.3) is 0 Å². The van der Waals surface area contributed by atoms with Crippen LogP contribution in [0, 0.1) is 6.92 Å². The van der Waals surface area contributed by atoms with Crippen LogP contribution in [0.1, 0.15) is 36.8 Å². The average molecular weight is 332 g/mol. The molecule has 0 aromatic heterocycles. The molecule has 0 aliphatic carbocycles. The standard InChI is InChI=1S/C19H28N2O3/c1-15-3-5-16(6-4-15)14-20-18(22)21-10-8-19(9-11-21)13-17(23-2)7-12-24-19/h3-6,17H,7-14H2,1-2H3,(H,20,22). The maximum Gasteiger partial charge on any atom is 0.317 e. The molecule has 2 fully saturated rings. The molecular weight excluding hydrogens is 304 g/mol. The molecule has 0 saturated carbocycles. The number of ether oxygens (including phenoxy) is 2. The number of methoxy groups -OCH3 is 1. The number of nitrogens with zero attached hydrogens (tertiary/aromatic N) is 1. The van der Waals surface area contributed by atoms with E-state index >= 15 is 0 Å². The molecule has 2 heterocycles. The fraction of sp³-hybridized carbons (Fsp3) is 0.632. The van der Waals surface area contributed by atoms with Gasteiger partial charge in [0.15, 0.2) is 0 Å². The molecule has 1 N–H and O–H groups in total.